The SMILES string of the molecule is CCOP(C)(=O)OCc1ccc(OC)c(OC(=O)c2ccccc2OC(C)=O)c1. The maximum absolute atomic E-state index is 12.6. The average Bonchev–Trinajstić information content (AvgIpc) is 2.66. The zero-order valence-corrected chi connectivity index (χ0v) is 17.6. The van der Waals surface area contributed by atoms with Gasteiger partial charge in [-0.05, 0) is 36.8 Å². The number of methoxy groups -OCH3 is 1. The number of ether oxygens (including phenoxy) is 3. The summed E-state index contributed by atoms with van der Waals surface area (Å²) in [6.07, 6.45) is 0. The molecule has 8 nitrogen and oxygen atoms in total. The molecule has 2 aromatic carbocycles. The van der Waals surface area contributed by atoms with E-state index < -0.39 is 19.5 Å². The second kappa shape index (κ2) is 10.2. The Kier molecular flexibility index (Phi) is 7.96. The fourth-order valence-electron chi connectivity index (χ4n) is 2.39. The summed E-state index contributed by atoms with van der Waals surface area (Å²) in [7, 11) is -1.74. The van der Waals surface area contributed by atoms with Gasteiger partial charge in [0.15, 0.2) is 11.5 Å². The van der Waals surface area contributed by atoms with E-state index in [-0.39, 0.29) is 30.3 Å². The molecule has 1 atom stereocenters. The number of benzene rings is 2. The Labute approximate surface area is 169 Å². The average molecular weight is 422 g/mol. The number of esters is 2. The Bertz CT molecular complexity index is 924. The Morgan fingerprint density at radius 2 is 1.69 bits per heavy atom. The van der Waals surface area contributed by atoms with Crippen LogP contribution in [0.1, 0.15) is 29.8 Å². The number of carbonyl (C=O) groups excluding carboxylic acids is 2. The molecule has 0 N–H and O–H groups in total. The van der Waals surface area contributed by atoms with E-state index in [2.05, 4.69) is 0 Å². The standard InChI is InChI=1S/C20H23O8P/c1-5-25-29(4,23)26-13-15-10-11-18(24-3)19(12-15)28-20(22)16-8-6-7-9-17(16)27-14(2)21/h6-12H,5,13H2,1-4H3. The Morgan fingerprint density at radius 3 is 2.34 bits per heavy atom. The quantitative estimate of drug-likeness (QED) is 0.337. The van der Waals surface area contributed by atoms with Crippen LogP contribution in [0.5, 0.6) is 17.2 Å². The largest absolute Gasteiger partial charge is 0.493 e. The first kappa shape index (κ1) is 22.6. The Hall–Kier alpha value is -2.67. The lowest BCUT2D eigenvalue weighted by Crippen LogP contribution is -2.13. The molecule has 0 amide bonds. The maximum atomic E-state index is 12.6. The molecule has 0 spiro atoms. The molecule has 0 radical (unpaired) electrons. The van der Waals surface area contributed by atoms with Gasteiger partial charge in [-0.25, -0.2) is 4.79 Å². The van der Waals surface area contributed by atoms with Crippen molar-refractivity contribution in [1.29, 1.82) is 0 Å². The smallest absolute Gasteiger partial charge is 0.347 e. The van der Waals surface area contributed by atoms with Crippen LogP contribution in [0.2, 0.25) is 0 Å². The van der Waals surface area contributed by atoms with Crippen LogP contribution >= 0.6 is 7.60 Å². The zero-order valence-electron chi connectivity index (χ0n) is 16.7. The summed E-state index contributed by atoms with van der Waals surface area (Å²) in [5.41, 5.74) is 0.685. The van der Waals surface area contributed by atoms with Gasteiger partial charge in [0, 0.05) is 13.6 Å². The van der Waals surface area contributed by atoms with Crippen LogP contribution in [0.3, 0.4) is 0 Å². The number of rotatable bonds is 9. The molecule has 1 unspecified atom stereocenters. The molecule has 0 bridgehead atoms. The first-order chi connectivity index (χ1) is 13.8. The van der Waals surface area contributed by atoms with Gasteiger partial charge in [0.05, 0.1) is 20.3 Å². The fourth-order valence-corrected chi connectivity index (χ4v) is 3.32. The predicted molar refractivity (Wildman–Crippen MR) is 106 cm³/mol. The summed E-state index contributed by atoms with van der Waals surface area (Å²) in [4.78, 5) is 23.9. The molecule has 0 saturated carbocycles. The van der Waals surface area contributed by atoms with Gasteiger partial charge in [-0.15, -0.1) is 0 Å². The van der Waals surface area contributed by atoms with E-state index in [1.54, 1.807) is 31.2 Å². The lowest BCUT2D eigenvalue weighted by molar-refractivity contribution is -0.131. The van der Waals surface area contributed by atoms with Crippen molar-refractivity contribution < 1.29 is 37.4 Å². The van der Waals surface area contributed by atoms with Crippen LogP contribution in [-0.4, -0.2) is 32.3 Å². The molecule has 2 rings (SSSR count). The van der Waals surface area contributed by atoms with Gasteiger partial charge in [-0.2, -0.15) is 0 Å². The third-order valence-corrected chi connectivity index (χ3v) is 4.95. The van der Waals surface area contributed by atoms with Crippen molar-refractivity contribution in [2.75, 3.05) is 20.4 Å². The third kappa shape index (κ3) is 6.71. The van der Waals surface area contributed by atoms with E-state index in [4.69, 9.17) is 23.3 Å². The van der Waals surface area contributed by atoms with Crippen molar-refractivity contribution >= 4 is 19.5 Å². The summed E-state index contributed by atoms with van der Waals surface area (Å²) in [6.45, 7) is 4.60. The predicted octanol–water partition coefficient (Wildman–Crippen LogP) is 4.22. The van der Waals surface area contributed by atoms with E-state index in [0.29, 0.717) is 11.3 Å². The Balaban J connectivity index is 2.22. The number of hydrogen-bond acceptors (Lipinski definition) is 8. The highest BCUT2D eigenvalue weighted by atomic mass is 31.2. The normalized spacial score (nSPS) is 12.7. The fraction of sp³-hybridized carbons (Fsp3) is 0.300. The summed E-state index contributed by atoms with van der Waals surface area (Å²) in [5, 5.41) is 0. The van der Waals surface area contributed by atoms with Crippen molar-refractivity contribution in [3.8, 4) is 17.2 Å². The summed E-state index contributed by atoms with van der Waals surface area (Å²) < 4.78 is 38.2. The van der Waals surface area contributed by atoms with Crippen LogP contribution in [-0.2, 0) is 25.0 Å². The lowest BCUT2D eigenvalue weighted by atomic mass is 10.2. The molecule has 0 fully saturated rings. The topological polar surface area (TPSA) is 97.4 Å². The van der Waals surface area contributed by atoms with Crippen LogP contribution in [0, 0.1) is 0 Å². The second-order valence-corrected chi connectivity index (χ2v) is 7.99. The van der Waals surface area contributed by atoms with Gasteiger partial charge in [0.25, 0.3) is 0 Å². The van der Waals surface area contributed by atoms with Crippen molar-refractivity contribution in [3.05, 3.63) is 53.6 Å². The number of hydrogen-bond donors (Lipinski definition) is 0. The summed E-state index contributed by atoms with van der Waals surface area (Å²) in [6, 6.07) is 11.1. The first-order valence-corrected chi connectivity index (χ1v) is 10.8. The summed E-state index contributed by atoms with van der Waals surface area (Å²) in [5.74, 6) is -0.740. The van der Waals surface area contributed by atoms with Gasteiger partial charge in [0.2, 0.25) is 0 Å². The lowest BCUT2D eigenvalue weighted by Gasteiger charge is -2.15. The highest BCUT2D eigenvalue weighted by Crippen LogP contribution is 2.44. The van der Waals surface area contributed by atoms with Crippen molar-refractivity contribution in [3.63, 3.8) is 0 Å². The van der Waals surface area contributed by atoms with Crippen molar-refractivity contribution in [1.82, 2.24) is 0 Å². The monoisotopic (exact) mass is 422 g/mol. The molecular weight excluding hydrogens is 399 g/mol. The molecule has 0 aromatic heterocycles. The van der Waals surface area contributed by atoms with Gasteiger partial charge in [-0.1, -0.05) is 18.2 Å². The molecule has 0 saturated heterocycles. The molecule has 156 valence electrons. The van der Waals surface area contributed by atoms with E-state index >= 15 is 0 Å². The van der Waals surface area contributed by atoms with Crippen molar-refractivity contribution in [2.24, 2.45) is 0 Å². The van der Waals surface area contributed by atoms with Gasteiger partial charge < -0.3 is 23.3 Å². The summed E-state index contributed by atoms with van der Waals surface area (Å²) >= 11 is 0. The molecule has 0 aliphatic heterocycles. The molecule has 2 aromatic rings. The van der Waals surface area contributed by atoms with E-state index in [1.165, 1.54) is 38.9 Å². The number of para-hydroxylation sites is 1. The minimum absolute atomic E-state index is 0.00758. The van der Waals surface area contributed by atoms with Crippen LogP contribution in [0.15, 0.2) is 42.5 Å². The van der Waals surface area contributed by atoms with Crippen LogP contribution < -0.4 is 14.2 Å². The first-order valence-electron chi connectivity index (χ1n) is 8.79. The Morgan fingerprint density at radius 1 is 0.966 bits per heavy atom. The molecule has 9 heteroatoms. The highest BCUT2D eigenvalue weighted by Gasteiger charge is 2.20. The second-order valence-electron chi connectivity index (χ2n) is 5.93. The maximum Gasteiger partial charge on any atom is 0.347 e. The number of carbonyl (C=O) groups is 2. The van der Waals surface area contributed by atoms with Gasteiger partial charge in [-0.3, -0.25) is 9.36 Å². The van der Waals surface area contributed by atoms with Crippen molar-refractivity contribution in [2.45, 2.75) is 20.5 Å². The molecule has 0 heterocycles. The molecule has 29 heavy (non-hydrogen) atoms. The third-order valence-electron chi connectivity index (χ3n) is 3.62. The van der Waals surface area contributed by atoms with Crippen LogP contribution in [0.25, 0.3) is 0 Å². The van der Waals surface area contributed by atoms with Gasteiger partial charge >= 0.3 is 19.5 Å². The minimum Gasteiger partial charge on any atom is -0.493 e. The van der Waals surface area contributed by atoms with E-state index in [9.17, 15) is 14.2 Å². The van der Waals surface area contributed by atoms with Crippen LogP contribution in [0.4, 0.5) is 0 Å². The molecular formula is C20H23O8P. The van der Waals surface area contributed by atoms with E-state index in [0.717, 1.165) is 0 Å². The minimum atomic E-state index is -3.17. The van der Waals surface area contributed by atoms with E-state index in [1.807, 2.05) is 0 Å². The van der Waals surface area contributed by atoms with Gasteiger partial charge in [0.1, 0.15) is 11.3 Å². The zero-order chi connectivity index (χ0) is 21.4. The molecule has 0 aliphatic rings. The molecule has 0 aliphatic carbocycles. The highest BCUT2D eigenvalue weighted by molar-refractivity contribution is 7.52.